The van der Waals surface area contributed by atoms with Gasteiger partial charge >= 0.3 is 0 Å². The molecular weight excluding hydrogens is 404 g/mol. The number of halogens is 1. The minimum atomic E-state index is -0.520. The van der Waals surface area contributed by atoms with Crippen LogP contribution >= 0.6 is 11.6 Å². The molecule has 1 aromatic heterocycles. The molecule has 0 amide bonds. The number of ether oxygens (including phenoxy) is 3. The van der Waals surface area contributed by atoms with Crippen molar-refractivity contribution in [2.24, 2.45) is 5.73 Å². The molecule has 30 heavy (non-hydrogen) atoms. The summed E-state index contributed by atoms with van der Waals surface area (Å²) in [5, 5.41) is 17.5. The molecule has 0 aliphatic carbocycles. The van der Waals surface area contributed by atoms with Gasteiger partial charge in [-0.05, 0) is 19.1 Å². The number of nitrogens with one attached hydrogen (secondary N) is 1. The average molecular weight is 423 g/mol. The third kappa shape index (κ3) is 3.31. The summed E-state index contributed by atoms with van der Waals surface area (Å²) >= 11 is 6.28. The van der Waals surface area contributed by atoms with E-state index in [2.05, 4.69) is 16.3 Å². The van der Waals surface area contributed by atoms with Crippen LogP contribution in [-0.2, 0) is 6.61 Å². The quantitative estimate of drug-likeness (QED) is 0.638. The van der Waals surface area contributed by atoms with E-state index < -0.39 is 5.92 Å². The van der Waals surface area contributed by atoms with Crippen LogP contribution in [0.2, 0.25) is 5.02 Å². The molecule has 0 fully saturated rings. The Morgan fingerprint density at radius 2 is 2.07 bits per heavy atom. The maximum absolute atomic E-state index is 9.82. The van der Waals surface area contributed by atoms with E-state index in [1.807, 2.05) is 37.3 Å². The Morgan fingerprint density at radius 1 is 1.27 bits per heavy atom. The maximum Gasteiger partial charge on any atom is 0.244 e. The van der Waals surface area contributed by atoms with Gasteiger partial charge in [-0.25, -0.2) is 0 Å². The standard InChI is InChI=1S/C22H19ClN4O3/c1-12-18-19(15(10-24)21(25)30-22(18)27-26-12)14-7-5-9-17(28-2)20(14)29-11-13-6-3-4-8-16(13)23/h3-9,19H,11,25H2,1-2H3,(H,26,27). The number of fused-ring (bicyclic) bond motifs is 1. The molecule has 152 valence electrons. The summed E-state index contributed by atoms with van der Waals surface area (Å²) in [4.78, 5) is 0. The summed E-state index contributed by atoms with van der Waals surface area (Å²) in [7, 11) is 1.56. The smallest absolute Gasteiger partial charge is 0.244 e. The molecule has 8 heteroatoms. The van der Waals surface area contributed by atoms with Crippen molar-refractivity contribution in [1.29, 1.82) is 5.26 Å². The summed E-state index contributed by atoms with van der Waals surface area (Å²) in [6, 6.07) is 15.1. The van der Waals surface area contributed by atoms with Crippen molar-refractivity contribution in [3.8, 4) is 23.4 Å². The summed E-state index contributed by atoms with van der Waals surface area (Å²) in [6.45, 7) is 2.09. The first-order valence-corrected chi connectivity index (χ1v) is 9.58. The van der Waals surface area contributed by atoms with E-state index in [1.54, 1.807) is 19.2 Å². The number of aryl methyl sites for hydroxylation is 1. The molecule has 0 saturated carbocycles. The van der Waals surface area contributed by atoms with Gasteiger partial charge < -0.3 is 19.9 Å². The fraction of sp³-hybridized carbons (Fsp3) is 0.182. The minimum absolute atomic E-state index is 0.0152. The van der Waals surface area contributed by atoms with Crippen LogP contribution in [0.5, 0.6) is 17.4 Å². The Morgan fingerprint density at radius 3 is 2.80 bits per heavy atom. The molecule has 1 aliphatic heterocycles. The van der Waals surface area contributed by atoms with Crippen molar-refractivity contribution < 1.29 is 14.2 Å². The zero-order valence-corrected chi connectivity index (χ0v) is 17.2. The van der Waals surface area contributed by atoms with Gasteiger partial charge in [0.25, 0.3) is 0 Å². The van der Waals surface area contributed by atoms with Crippen molar-refractivity contribution in [2.45, 2.75) is 19.4 Å². The molecule has 0 radical (unpaired) electrons. The maximum atomic E-state index is 9.82. The number of H-pyrrole nitrogens is 1. The van der Waals surface area contributed by atoms with Gasteiger partial charge in [0.15, 0.2) is 11.5 Å². The van der Waals surface area contributed by atoms with Crippen molar-refractivity contribution >= 4 is 11.6 Å². The van der Waals surface area contributed by atoms with E-state index in [9.17, 15) is 5.26 Å². The van der Waals surface area contributed by atoms with E-state index in [0.29, 0.717) is 22.4 Å². The van der Waals surface area contributed by atoms with Crippen molar-refractivity contribution in [3.05, 3.63) is 81.3 Å². The number of allylic oxidation sites excluding steroid dienone is 1. The Kier molecular flexibility index (Phi) is 5.25. The molecule has 4 rings (SSSR count). The van der Waals surface area contributed by atoms with Gasteiger partial charge in [0, 0.05) is 27.4 Å². The molecule has 2 aromatic carbocycles. The summed E-state index contributed by atoms with van der Waals surface area (Å²) in [6.07, 6.45) is 0. The second-order valence-electron chi connectivity index (χ2n) is 6.75. The second-order valence-corrected chi connectivity index (χ2v) is 7.16. The lowest BCUT2D eigenvalue weighted by Crippen LogP contribution is -2.21. The van der Waals surface area contributed by atoms with E-state index in [1.165, 1.54) is 0 Å². The molecule has 2 heterocycles. The van der Waals surface area contributed by atoms with Gasteiger partial charge in [-0.3, -0.25) is 5.10 Å². The van der Waals surface area contributed by atoms with E-state index in [-0.39, 0.29) is 18.1 Å². The summed E-state index contributed by atoms with van der Waals surface area (Å²) in [5.41, 5.74) is 9.37. The molecule has 3 aromatic rings. The number of aromatic nitrogens is 2. The van der Waals surface area contributed by atoms with Crippen LogP contribution < -0.4 is 19.9 Å². The molecule has 0 spiro atoms. The largest absolute Gasteiger partial charge is 0.493 e. The van der Waals surface area contributed by atoms with Crippen LogP contribution in [0.3, 0.4) is 0 Å². The van der Waals surface area contributed by atoms with Crippen molar-refractivity contribution in [2.75, 3.05) is 7.11 Å². The molecular formula is C22H19ClN4O3. The topological polar surface area (TPSA) is 106 Å². The number of rotatable bonds is 5. The number of para-hydroxylation sites is 1. The van der Waals surface area contributed by atoms with E-state index in [0.717, 1.165) is 22.4 Å². The average Bonchev–Trinajstić information content (AvgIpc) is 3.12. The fourth-order valence-corrected chi connectivity index (χ4v) is 3.74. The first kappa shape index (κ1) is 19.7. The van der Waals surface area contributed by atoms with Gasteiger partial charge in [0.05, 0.1) is 13.0 Å². The van der Waals surface area contributed by atoms with Crippen LogP contribution in [0.15, 0.2) is 53.9 Å². The number of hydrogen-bond acceptors (Lipinski definition) is 6. The highest BCUT2D eigenvalue weighted by atomic mass is 35.5. The van der Waals surface area contributed by atoms with E-state index in [4.69, 9.17) is 31.5 Å². The monoisotopic (exact) mass is 422 g/mol. The highest BCUT2D eigenvalue weighted by Crippen LogP contribution is 2.47. The molecule has 3 N–H and O–H groups in total. The lowest BCUT2D eigenvalue weighted by Gasteiger charge is -2.26. The normalized spacial score (nSPS) is 15.2. The van der Waals surface area contributed by atoms with Crippen LogP contribution in [0.25, 0.3) is 0 Å². The first-order valence-electron chi connectivity index (χ1n) is 9.20. The Bertz CT molecular complexity index is 1180. The van der Waals surface area contributed by atoms with Gasteiger partial charge in [-0.15, -0.1) is 5.10 Å². The number of methoxy groups -OCH3 is 1. The molecule has 1 atom stereocenters. The number of benzene rings is 2. The van der Waals surface area contributed by atoms with Gasteiger partial charge in [-0.2, -0.15) is 5.26 Å². The number of nitrogens with zero attached hydrogens (tertiary/aromatic N) is 2. The van der Waals surface area contributed by atoms with Gasteiger partial charge in [-0.1, -0.05) is 41.9 Å². The zero-order valence-electron chi connectivity index (χ0n) is 16.4. The van der Waals surface area contributed by atoms with Crippen LogP contribution in [0.1, 0.15) is 28.3 Å². The summed E-state index contributed by atoms with van der Waals surface area (Å²) in [5.74, 6) is 0.868. The van der Waals surface area contributed by atoms with Crippen LogP contribution in [0.4, 0.5) is 0 Å². The predicted octanol–water partition coefficient (Wildman–Crippen LogP) is 4.18. The SMILES string of the molecule is COc1cccc(C2C(C#N)=C(N)Oc3n[nH]c(C)c32)c1OCc1ccccc1Cl. The third-order valence-corrected chi connectivity index (χ3v) is 5.37. The van der Waals surface area contributed by atoms with Crippen molar-refractivity contribution in [3.63, 3.8) is 0 Å². The molecule has 1 unspecified atom stereocenters. The highest BCUT2D eigenvalue weighted by molar-refractivity contribution is 6.31. The zero-order chi connectivity index (χ0) is 21.3. The first-order chi connectivity index (χ1) is 14.5. The number of aromatic amines is 1. The molecule has 0 saturated heterocycles. The second kappa shape index (κ2) is 8.01. The van der Waals surface area contributed by atoms with Crippen molar-refractivity contribution in [1.82, 2.24) is 10.2 Å². The molecule has 1 aliphatic rings. The Hall–Kier alpha value is -3.63. The van der Waals surface area contributed by atoms with Gasteiger partial charge in [0.1, 0.15) is 18.2 Å². The molecule has 7 nitrogen and oxygen atoms in total. The minimum Gasteiger partial charge on any atom is -0.493 e. The predicted molar refractivity (Wildman–Crippen MR) is 111 cm³/mol. The molecule has 0 bridgehead atoms. The van der Waals surface area contributed by atoms with Crippen LogP contribution in [-0.4, -0.2) is 17.3 Å². The van der Waals surface area contributed by atoms with Gasteiger partial charge in [0.2, 0.25) is 11.8 Å². The number of nitrogens with two attached hydrogens (primary N) is 1. The third-order valence-electron chi connectivity index (χ3n) is 5.00. The highest BCUT2D eigenvalue weighted by Gasteiger charge is 2.36. The lowest BCUT2D eigenvalue weighted by atomic mass is 9.83. The number of hydrogen-bond donors (Lipinski definition) is 2. The van der Waals surface area contributed by atoms with Crippen LogP contribution in [0, 0.1) is 18.3 Å². The van der Waals surface area contributed by atoms with E-state index >= 15 is 0 Å². The summed E-state index contributed by atoms with van der Waals surface area (Å²) < 4.78 is 17.3. The Labute approximate surface area is 178 Å². The fourth-order valence-electron chi connectivity index (χ4n) is 3.55. The number of nitriles is 1. The Balaban J connectivity index is 1.84. The lowest BCUT2D eigenvalue weighted by molar-refractivity contribution is 0.280.